The third-order valence-corrected chi connectivity index (χ3v) is 3.96. The Bertz CT molecular complexity index is 851. The number of hydrogen-bond acceptors (Lipinski definition) is 5. The second kappa shape index (κ2) is 6.66. The van der Waals surface area contributed by atoms with Gasteiger partial charge in [0.15, 0.2) is 5.82 Å². The first-order chi connectivity index (χ1) is 11.6. The van der Waals surface area contributed by atoms with Crippen LogP contribution in [-0.2, 0) is 6.42 Å². The van der Waals surface area contributed by atoms with Gasteiger partial charge in [-0.1, -0.05) is 11.2 Å². The fourth-order valence-electron chi connectivity index (χ4n) is 2.65. The molecule has 3 aromatic heterocycles. The summed E-state index contributed by atoms with van der Waals surface area (Å²) in [5.41, 5.74) is 3.55. The Kier molecular flexibility index (Phi) is 4.41. The summed E-state index contributed by atoms with van der Waals surface area (Å²) in [4.78, 5) is 16.4. The molecule has 0 bridgehead atoms. The summed E-state index contributed by atoms with van der Waals surface area (Å²) in [6.45, 7) is 6.20. The smallest absolute Gasteiger partial charge is 0.256 e. The molecule has 0 aliphatic rings. The van der Waals surface area contributed by atoms with Crippen molar-refractivity contribution in [3.8, 4) is 5.82 Å². The number of rotatable bonds is 5. The summed E-state index contributed by atoms with van der Waals surface area (Å²) in [5.74, 6) is 1.12. The molecule has 7 nitrogen and oxygen atoms in total. The minimum absolute atomic E-state index is 0.179. The van der Waals surface area contributed by atoms with E-state index in [9.17, 15) is 4.79 Å². The molecule has 3 heterocycles. The summed E-state index contributed by atoms with van der Waals surface area (Å²) in [6.07, 6.45) is 3.87. The van der Waals surface area contributed by atoms with Gasteiger partial charge in [-0.15, -0.1) is 0 Å². The van der Waals surface area contributed by atoms with Crippen LogP contribution >= 0.6 is 0 Å². The standard InChI is InChI=1S/C17H19N5O2/c1-11-14(7-9-19-17(23)15-10-20-24-13(15)3)12(2)22(21-11)16-6-4-5-8-18-16/h4-6,8,10H,7,9H2,1-3H3,(H,19,23). The highest BCUT2D eigenvalue weighted by molar-refractivity contribution is 5.94. The first kappa shape index (κ1) is 15.9. The van der Waals surface area contributed by atoms with Crippen molar-refractivity contribution in [1.29, 1.82) is 0 Å². The summed E-state index contributed by atoms with van der Waals surface area (Å²) in [6, 6.07) is 5.72. The van der Waals surface area contributed by atoms with Gasteiger partial charge in [0.25, 0.3) is 5.91 Å². The van der Waals surface area contributed by atoms with E-state index in [4.69, 9.17) is 4.52 Å². The lowest BCUT2D eigenvalue weighted by Crippen LogP contribution is -2.26. The molecule has 1 amide bonds. The molecule has 124 valence electrons. The first-order valence-electron chi connectivity index (χ1n) is 7.74. The van der Waals surface area contributed by atoms with E-state index in [2.05, 4.69) is 20.6 Å². The number of aryl methyl sites for hydroxylation is 2. The van der Waals surface area contributed by atoms with Gasteiger partial charge in [0, 0.05) is 18.4 Å². The zero-order valence-electron chi connectivity index (χ0n) is 13.9. The van der Waals surface area contributed by atoms with Gasteiger partial charge in [-0.2, -0.15) is 5.10 Å². The van der Waals surface area contributed by atoms with Crippen LogP contribution in [0.4, 0.5) is 0 Å². The molecule has 3 rings (SSSR count). The van der Waals surface area contributed by atoms with Gasteiger partial charge in [-0.05, 0) is 44.9 Å². The topological polar surface area (TPSA) is 85.8 Å². The van der Waals surface area contributed by atoms with Crippen LogP contribution in [-0.4, -0.2) is 32.4 Å². The van der Waals surface area contributed by atoms with Gasteiger partial charge in [-0.3, -0.25) is 4.79 Å². The van der Waals surface area contributed by atoms with Gasteiger partial charge in [-0.25, -0.2) is 9.67 Å². The van der Waals surface area contributed by atoms with Crippen LogP contribution in [0.1, 0.15) is 33.1 Å². The van der Waals surface area contributed by atoms with Crippen LogP contribution in [0, 0.1) is 20.8 Å². The van der Waals surface area contributed by atoms with Crippen LogP contribution in [0.5, 0.6) is 0 Å². The van der Waals surface area contributed by atoms with Crippen molar-refractivity contribution in [1.82, 2.24) is 25.2 Å². The van der Waals surface area contributed by atoms with Gasteiger partial charge in [0.2, 0.25) is 0 Å². The third kappa shape index (κ3) is 3.05. The highest BCUT2D eigenvalue weighted by atomic mass is 16.5. The van der Waals surface area contributed by atoms with Crippen molar-refractivity contribution >= 4 is 5.91 Å². The predicted octanol–water partition coefficient (Wildman–Crippen LogP) is 2.15. The number of carbonyl (C=O) groups excluding carboxylic acids is 1. The summed E-state index contributed by atoms with van der Waals surface area (Å²) in [7, 11) is 0. The Morgan fingerprint density at radius 1 is 1.29 bits per heavy atom. The SMILES string of the molecule is Cc1nn(-c2ccccn2)c(C)c1CCNC(=O)c1cnoc1C. The van der Waals surface area contributed by atoms with E-state index in [1.54, 1.807) is 13.1 Å². The van der Waals surface area contributed by atoms with Crippen LogP contribution in [0.3, 0.4) is 0 Å². The Labute approximate surface area is 139 Å². The number of amides is 1. The third-order valence-electron chi connectivity index (χ3n) is 3.96. The average Bonchev–Trinajstić information content (AvgIpc) is 3.13. The fourth-order valence-corrected chi connectivity index (χ4v) is 2.65. The largest absolute Gasteiger partial charge is 0.361 e. The molecule has 0 aliphatic carbocycles. The van der Waals surface area contributed by atoms with Crippen LogP contribution in [0.2, 0.25) is 0 Å². The maximum Gasteiger partial charge on any atom is 0.256 e. The Balaban J connectivity index is 1.69. The van der Waals surface area contributed by atoms with E-state index in [0.717, 1.165) is 22.8 Å². The molecule has 0 saturated carbocycles. The molecule has 24 heavy (non-hydrogen) atoms. The molecule has 0 unspecified atom stereocenters. The van der Waals surface area contributed by atoms with E-state index in [1.165, 1.54) is 6.20 Å². The molecule has 0 aliphatic heterocycles. The van der Waals surface area contributed by atoms with E-state index >= 15 is 0 Å². The summed E-state index contributed by atoms with van der Waals surface area (Å²) < 4.78 is 6.74. The zero-order valence-corrected chi connectivity index (χ0v) is 13.9. The predicted molar refractivity (Wildman–Crippen MR) is 88.1 cm³/mol. The number of hydrogen-bond donors (Lipinski definition) is 1. The van der Waals surface area contributed by atoms with E-state index in [0.29, 0.717) is 24.3 Å². The molecular formula is C17H19N5O2. The van der Waals surface area contributed by atoms with E-state index in [1.807, 2.05) is 36.7 Å². The van der Waals surface area contributed by atoms with Gasteiger partial charge < -0.3 is 9.84 Å². The molecule has 3 aromatic rings. The Hall–Kier alpha value is -2.96. The molecule has 0 saturated heterocycles. The van der Waals surface area contributed by atoms with E-state index in [-0.39, 0.29) is 5.91 Å². The van der Waals surface area contributed by atoms with Crippen molar-refractivity contribution in [3.05, 3.63) is 58.9 Å². The second-order valence-electron chi connectivity index (χ2n) is 5.55. The van der Waals surface area contributed by atoms with Crippen molar-refractivity contribution < 1.29 is 9.32 Å². The Morgan fingerprint density at radius 3 is 2.79 bits per heavy atom. The van der Waals surface area contributed by atoms with Crippen molar-refractivity contribution in [2.45, 2.75) is 27.2 Å². The zero-order chi connectivity index (χ0) is 17.1. The van der Waals surface area contributed by atoms with Crippen molar-refractivity contribution in [3.63, 3.8) is 0 Å². The fraction of sp³-hybridized carbons (Fsp3) is 0.294. The van der Waals surface area contributed by atoms with Crippen LogP contribution in [0.15, 0.2) is 35.1 Å². The maximum absolute atomic E-state index is 12.1. The molecule has 1 N–H and O–H groups in total. The number of aromatic nitrogens is 4. The number of pyridine rings is 1. The lowest BCUT2D eigenvalue weighted by atomic mass is 10.1. The summed E-state index contributed by atoms with van der Waals surface area (Å²) >= 11 is 0. The molecule has 7 heteroatoms. The lowest BCUT2D eigenvalue weighted by molar-refractivity contribution is 0.0952. The van der Waals surface area contributed by atoms with Gasteiger partial charge in [0.05, 0.1) is 11.9 Å². The normalized spacial score (nSPS) is 10.8. The number of nitrogens with zero attached hydrogens (tertiary/aromatic N) is 4. The van der Waals surface area contributed by atoms with Crippen LogP contribution in [0.25, 0.3) is 5.82 Å². The average molecular weight is 325 g/mol. The van der Waals surface area contributed by atoms with E-state index < -0.39 is 0 Å². The molecule has 0 spiro atoms. The van der Waals surface area contributed by atoms with Crippen LogP contribution < -0.4 is 5.32 Å². The number of carbonyl (C=O) groups is 1. The molecule has 0 radical (unpaired) electrons. The second-order valence-corrected chi connectivity index (χ2v) is 5.55. The first-order valence-corrected chi connectivity index (χ1v) is 7.74. The number of nitrogens with one attached hydrogen (secondary N) is 1. The van der Waals surface area contributed by atoms with Gasteiger partial charge in [0.1, 0.15) is 11.3 Å². The molecule has 0 atom stereocenters. The quantitative estimate of drug-likeness (QED) is 0.777. The maximum atomic E-state index is 12.1. The molecular weight excluding hydrogens is 306 g/mol. The molecule has 0 aromatic carbocycles. The van der Waals surface area contributed by atoms with Gasteiger partial charge >= 0.3 is 0 Å². The summed E-state index contributed by atoms with van der Waals surface area (Å²) in [5, 5.41) is 11.1. The van der Waals surface area contributed by atoms with Crippen molar-refractivity contribution in [2.24, 2.45) is 0 Å². The highest BCUT2D eigenvalue weighted by Gasteiger charge is 2.15. The minimum Gasteiger partial charge on any atom is -0.361 e. The van der Waals surface area contributed by atoms with Crippen molar-refractivity contribution in [2.75, 3.05) is 6.54 Å². The Morgan fingerprint density at radius 2 is 2.12 bits per heavy atom. The highest BCUT2D eigenvalue weighted by Crippen LogP contribution is 2.17. The molecule has 0 fully saturated rings. The monoisotopic (exact) mass is 325 g/mol. The lowest BCUT2D eigenvalue weighted by Gasteiger charge is -2.06. The minimum atomic E-state index is -0.179.